The molecule has 2 rings (SSSR count). The molecular formula is C14H13ClN2S. The third kappa shape index (κ3) is 3.00. The summed E-state index contributed by atoms with van der Waals surface area (Å²) in [7, 11) is 0. The summed E-state index contributed by atoms with van der Waals surface area (Å²) < 4.78 is 0. The van der Waals surface area contributed by atoms with Gasteiger partial charge in [0.25, 0.3) is 0 Å². The Labute approximate surface area is 117 Å². The van der Waals surface area contributed by atoms with Crippen LogP contribution < -0.4 is 11.1 Å². The fraction of sp³-hybridized carbons (Fsp3) is 0.0714. The lowest BCUT2D eigenvalue weighted by Crippen LogP contribution is -2.11. The molecule has 18 heavy (non-hydrogen) atoms. The summed E-state index contributed by atoms with van der Waals surface area (Å²) in [6, 6.07) is 13.5. The Hall–Kier alpha value is -1.58. The fourth-order valence-corrected chi connectivity index (χ4v) is 1.98. The van der Waals surface area contributed by atoms with Crippen molar-refractivity contribution in [3.8, 4) is 0 Å². The molecule has 0 spiro atoms. The minimum atomic E-state index is 0.348. The molecule has 0 aliphatic heterocycles. The van der Waals surface area contributed by atoms with Gasteiger partial charge in [0, 0.05) is 16.3 Å². The molecule has 0 amide bonds. The van der Waals surface area contributed by atoms with Gasteiger partial charge in [0.2, 0.25) is 0 Å². The van der Waals surface area contributed by atoms with Crippen molar-refractivity contribution in [2.24, 2.45) is 5.73 Å². The predicted octanol–water partition coefficient (Wildman–Crippen LogP) is 4.03. The monoisotopic (exact) mass is 276 g/mol. The van der Waals surface area contributed by atoms with E-state index in [1.807, 2.05) is 43.3 Å². The van der Waals surface area contributed by atoms with Crippen LogP contribution in [0.5, 0.6) is 0 Å². The van der Waals surface area contributed by atoms with Gasteiger partial charge in [0.1, 0.15) is 4.99 Å². The summed E-state index contributed by atoms with van der Waals surface area (Å²) in [6.45, 7) is 2.05. The smallest absolute Gasteiger partial charge is 0.106 e. The second-order valence-electron chi connectivity index (χ2n) is 4.05. The van der Waals surface area contributed by atoms with Crippen molar-refractivity contribution in [2.75, 3.05) is 5.32 Å². The lowest BCUT2D eigenvalue weighted by Gasteiger charge is -2.12. The number of benzene rings is 2. The molecule has 0 heterocycles. The second kappa shape index (κ2) is 5.38. The molecule has 0 aliphatic carbocycles. The van der Waals surface area contributed by atoms with Crippen LogP contribution in [0.2, 0.25) is 5.02 Å². The summed E-state index contributed by atoms with van der Waals surface area (Å²) in [4.78, 5) is 0.348. The minimum absolute atomic E-state index is 0.348. The van der Waals surface area contributed by atoms with E-state index in [2.05, 4.69) is 5.32 Å². The Morgan fingerprint density at radius 1 is 1.17 bits per heavy atom. The summed E-state index contributed by atoms with van der Waals surface area (Å²) in [5.41, 5.74) is 9.48. The zero-order chi connectivity index (χ0) is 13.1. The van der Waals surface area contributed by atoms with Gasteiger partial charge in [-0.05, 0) is 37.3 Å². The lowest BCUT2D eigenvalue weighted by atomic mass is 10.1. The van der Waals surface area contributed by atoms with Crippen LogP contribution in [-0.2, 0) is 0 Å². The van der Waals surface area contributed by atoms with Gasteiger partial charge in [-0.2, -0.15) is 0 Å². The number of nitrogens with two attached hydrogens (primary N) is 1. The molecule has 0 unspecified atom stereocenters. The average molecular weight is 277 g/mol. The van der Waals surface area contributed by atoms with Crippen LogP contribution in [0.25, 0.3) is 0 Å². The highest BCUT2D eigenvalue weighted by Gasteiger charge is 2.06. The van der Waals surface area contributed by atoms with E-state index in [0.717, 1.165) is 16.9 Å². The van der Waals surface area contributed by atoms with E-state index in [4.69, 9.17) is 29.6 Å². The van der Waals surface area contributed by atoms with Gasteiger partial charge >= 0.3 is 0 Å². The van der Waals surface area contributed by atoms with Crippen molar-refractivity contribution in [1.29, 1.82) is 0 Å². The molecule has 92 valence electrons. The molecule has 0 aliphatic rings. The lowest BCUT2D eigenvalue weighted by molar-refractivity contribution is 1.45. The van der Waals surface area contributed by atoms with Crippen molar-refractivity contribution in [3.63, 3.8) is 0 Å². The van der Waals surface area contributed by atoms with Gasteiger partial charge in [-0.1, -0.05) is 41.5 Å². The highest BCUT2D eigenvalue weighted by molar-refractivity contribution is 7.80. The van der Waals surface area contributed by atoms with Crippen LogP contribution in [-0.4, -0.2) is 4.99 Å². The Morgan fingerprint density at radius 3 is 2.44 bits per heavy atom. The highest BCUT2D eigenvalue weighted by atomic mass is 35.5. The van der Waals surface area contributed by atoms with E-state index in [-0.39, 0.29) is 0 Å². The second-order valence-corrected chi connectivity index (χ2v) is 4.92. The third-order valence-corrected chi connectivity index (χ3v) is 3.03. The van der Waals surface area contributed by atoms with Crippen LogP contribution >= 0.6 is 23.8 Å². The first-order valence-corrected chi connectivity index (χ1v) is 6.28. The van der Waals surface area contributed by atoms with Crippen molar-refractivity contribution in [3.05, 3.63) is 58.6 Å². The normalized spacial score (nSPS) is 10.1. The maximum absolute atomic E-state index is 5.99. The molecule has 0 aromatic heterocycles. The molecule has 4 heteroatoms. The zero-order valence-corrected chi connectivity index (χ0v) is 11.5. The van der Waals surface area contributed by atoms with E-state index < -0.39 is 0 Å². The maximum atomic E-state index is 5.99. The van der Waals surface area contributed by atoms with E-state index in [1.54, 1.807) is 6.07 Å². The van der Waals surface area contributed by atoms with Crippen molar-refractivity contribution in [2.45, 2.75) is 6.92 Å². The largest absolute Gasteiger partial charge is 0.389 e. The molecular weight excluding hydrogens is 264 g/mol. The number of rotatable bonds is 3. The number of hydrogen-bond donors (Lipinski definition) is 2. The molecule has 0 radical (unpaired) electrons. The van der Waals surface area contributed by atoms with Crippen LogP contribution in [0.1, 0.15) is 11.1 Å². The van der Waals surface area contributed by atoms with Crippen molar-refractivity contribution < 1.29 is 0 Å². The van der Waals surface area contributed by atoms with Crippen LogP contribution in [0.15, 0.2) is 42.5 Å². The number of hydrogen-bond acceptors (Lipinski definition) is 2. The van der Waals surface area contributed by atoms with Gasteiger partial charge in [0.05, 0.1) is 5.69 Å². The summed E-state index contributed by atoms with van der Waals surface area (Å²) in [5.74, 6) is 0. The van der Waals surface area contributed by atoms with Crippen molar-refractivity contribution >= 4 is 40.2 Å². The molecule has 3 N–H and O–H groups in total. The number of thiocarbonyl (C=S) groups is 1. The number of anilines is 2. The van der Waals surface area contributed by atoms with Gasteiger partial charge in [-0.25, -0.2) is 0 Å². The summed E-state index contributed by atoms with van der Waals surface area (Å²) >= 11 is 11.0. The van der Waals surface area contributed by atoms with E-state index in [0.29, 0.717) is 10.0 Å². The van der Waals surface area contributed by atoms with Crippen LogP contribution in [0.3, 0.4) is 0 Å². The SMILES string of the molecule is Cc1ccc(Nc2cc(Cl)ccc2C(N)=S)cc1. The molecule has 2 nitrogen and oxygen atoms in total. The number of halogens is 1. The summed E-state index contributed by atoms with van der Waals surface area (Å²) in [6.07, 6.45) is 0. The molecule has 2 aromatic rings. The Balaban J connectivity index is 2.35. The van der Waals surface area contributed by atoms with Crippen molar-refractivity contribution in [1.82, 2.24) is 0 Å². The first kappa shape index (κ1) is 12.9. The Bertz CT molecular complexity index is 579. The zero-order valence-electron chi connectivity index (χ0n) is 9.91. The first-order chi connectivity index (χ1) is 8.56. The maximum Gasteiger partial charge on any atom is 0.106 e. The summed E-state index contributed by atoms with van der Waals surface area (Å²) in [5, 5.41) is 3.91. The van der Waals surface area contributed by atoms with E-state index >= 15 is 0 Å². The van der Waals surface area contributed by atoms with Crippen LogP contribution in [0.4, 0.5) is 11.4 Å². The number of nitrogens with one attached hydrogen (secondary N) is 1. The Morgan fingerprint density at radius 2 is 1.83 bits per heavy atom. The minimum Gasteiger partial charge on any atom is -0.389 e. The topological polar surface area (TPSA) is 38.0 Å². The quantitative estimate of drug-likeness (QED) is 0.832. The number of aryl methyl sites for hydroxylation is 1. The fourth-order valence-electron chi connectivity index (χ4n) is 1.63. The molecule has 0 saturated carbocycles. The molecule has 0 bridgehead atoms. The molecule has 0 fully saturated rings. The highest BCUT2D eigenvalue weighted by Crippen LogP contribution is 2.25. The van der Waals surface area contributed by atoms with Crippen LogP contribution in [0, 0.1) is 6.92 Å². The predicted molar refractivity (Wildman–Crippen MR) is 81.8 cm³/mol. The van der Waals surface area contributed by atoms with Gasteiger partial charge in [-0.3, -0.25) is 0 Å². The standard InChI is InChI=1S/C14H13ClN2S/c1-9-2-5-11(6-3-9)17-13-8-10(15)4-7-12(13)14(16)18/h2-8,17H,1H3,(H2,16,18). The third-order valence-electron chi connectivity index (χ3n) is 2.58. The van der Waals surface area contributed by atoms with E-state index in [9.17, 15) is 0 Å². The first-order valence-electron chi connectivity index (χ1n) is 5.49. The Kier molecular flexibility index (Phi) is 3.84. The van der Waals surface area contributed by atoms with Gasteiger partial charge < -0.3 is 11.1 Å². The van der Waals surface area contributed by atoms with Gasteiger partial charge in [-0.15, -0.1) is 0 Å². The molecule has 2 aromatic carbocycles. The van der Waals surface area contributed by atoms with Gasteiger partial charge in [0.15, 0.2) is 0 Å². The molecule has 0 saturated heterocycles. The molecule has 0 atom stereocenters. The average Bonchev–Trinajstić information content (AvgIpc) is 2.32. The van der Waals surface area contributed by atoms with E-state index in [1.165, 1.54) is 5.56 Å².